The average molecular weight is 344 g/mol. The van der Waals surface area contributed by atoms with Crippen molar-refractivity contribution in [1.29, 1.82) is 0 Å². The lowest BCUT2D eigenvalue weighted by Crippen LogP contribution is -2.14. The molecule has 0 spiro atoms. The predicted octanol–water partition coefficient (Wildman–Crippen LogP) is 2.34. The van der Waals surface area contributed by atoms with Gasteiger partial charge in [-0.25, -0.2) is 0 Å². The Morgan fingerprint density at radius 1 is 1.04 bits per heavy atom. The highest BCUT2D eigenvalue weighted by molar-refractivity contribution is 5.84. The molecule has 5 rings (SSSR count). The number of aromatic amines is 1. The van der Waals surface area contributed by atoms with Gasteiger partial charge in [0.15, 0.2) is 0 Å². The van der Waals surface area contributed by atoms with E-state index in [4.69, 9.17) is 0 Å². The summed E-state index contributed by atoms with van der Waals surface area (Å²) >= 11 is 0. The van der Waals surface area contributed by atoms with Crippen LogP contribution in [0.1, 0.15) is 0 Å². The number of nitrogens with one attached hydrogen (secondary N) is 1. The van der Waals surface area contributed by atoms with Gasteiger partial charge in [-0.1, -0.05) is 12.1 Å². The van der Waals surface area contributed by atoms with Crippen LogP contribution in [0.3, 0.4) is 0 Å². The number of rotatable bonds is 2. The number of aromatic nitrogens is 6. The van der Waals surface area contributed by atoms with E-state index in [1.165, 1.54) is 10.6 Å². The minimum Gasteiger partial charge on any atom is -0.411 e. The molecule has 8 heteroatoms. The van der Waals surface area contributed by atoms with Crippen molar-refractivity contribution in [3.63, 3.8) is 0 Å². The van der Waals surface area contributed by atoms with E-state index in [0.717, 1.165) is 27.1 Å². The Balaban J connectivity index is 1.74. The van der Waals surface area contributed by atoms with Gasteiger partial charge in [-0.15, -0.1) is 9.94 Å². The van der Waals surface area contributed by atoms with Crippen LogP contribution in [0.4, 0.5) is 0 Å². The zero-order valence-corrected chi connectivity index (χ0v) is 13.4. The zero-order chi connectivity index (χ0) is 17.7. The van der Waals surface area contributed by atoms with Crippen LogP contribution in [0, 0.1) is 0 Å². The molecule has 0 saturated heterocycles. The standard InChI is InChI=1S/C18H12N6O2/c25-17-8-15(11-4-5-16-12(7-11)9-21-24(16)26)22-18-13(10-20-23(17)18)14-3-1-2-6-19-14/h1-10,22,26H. The first-order chi connectivity index (χ1) is 12.7. The van der Waals surface area contributed by atoms with Gasteiger partial charge in [-0.05, 0) is 29.8 Å². The topological polar surface area (TPSA) is 101 Å². The number of hydrogen-bond donors (Lipinski definition) is 2. The zero-order valence-electron chi connectivity index (χ0n) is 13.4. The summed E-state index contributed by atoms with van der Waals surface area (Å²) < 4.78 is 1.32. The van der Waals surface area contributed by atoms with Crippen LogP contribution in [-0.2, 0) is 0 Å². The highest BCUT2D eigenvalue weighted by atomic mass is 16.5. The second-order valence-electron chi connectivity index (χ2n) is 5.86. The van der Waals surface area contributed by atoms with Crippen molar-refractivity contribution in [3.05, 3.63) is 71.4 Å². The smallest absolute Gasteiger partial charge is 0.274 e. The first kappa shape index (κ1) is 14.4. The lowest BCUT2D eigenvalue weighted by atomic mass is 10.1. The second-order valence-corrected chi connectivity index (χ2v) is 5.86. The number of hydrogen-bond acceptors (Lipinski definition) is 5. The highest BCUT2D eigenvalue weighted by Crippen LogP contribution is 2.25. The molecule has 0 saturated carbocycles. The maximum atomic E-state index is 12.5. The number of fused-ring (bicyclic) bond motifs is 2. The van der Waals surface area contributed by atoms with E-state index in [1.807, 2.05) is 30.3 Å². The van der Waals surface area contributed by atoms with E-state index in [2.05, 4.69) is 20.2 Å². The first-order valence-electron chi connectivity index (χ1n) is 7.90. The van der Waals surface area contributed by atoms with Crippen molar-refractivity contribution in [2.24, 2.45) is 0 Å². The Bertz CT molecular complexity index is 1320. The Kier molecular flexibility index (Phi) is 2.93. The highest BCUT2D eigenvalue weighted by Gasteiger charge is 2.13. The normalized spacial score (nSPS) is 11.4. The molecule has 0 unspecified atom stereocenters. The molecule has 0 aliphatic carbocycles. The molecule has 2 N–H and O–H groups in total. The van der Waals surface area contributed by atoms with Gasteiger partial charge in [0.1, 0.15) is 11.2 Å². The second kappa shape index (κ2) is 5.28. The molecule has 0 atom stereocenters. The Labute approximate surface area is 145 Å². The van der Waals surface area contributed by atoms with Gasteiger partial charge >= 0.3 is 0 Å². The fourth-order valence-corrected chi connectivity index (χ4v) is 3.04. The van der Waals surface area contributed by atoms with E-state index < -0.39 is 0 Å². The summed E-state index contributed by atoms with van der Waals surface area (Å²) in [6, 6.07) is 12.5. The maximum absolute atomic E-state index is 12.5. The van der Waals surface area contributed by atoms with Crippen LogP contribution in [0.5, 0.6) is 0 Å². The Morgan fingerprint density at radius 3 is 2.81 bits per heavy atom. The van der Waals surface area contributed by atoms with Crippen molar-refractivity contribution in [1.82, 2.24) is 29.5 Å². The van der Waals surface area contributed by atoms with E-state index in [9.17, 15) is 10.0 Å². The number of benzene rings is 1. The predicted molar refractivity (Wildman–Crippen MR) is 95.0 cm³/mol. The molecule has 26 heavy (non-hydrogen) atoms. The third-order valence-electron chi connectivity index (χ3n) is 4.30. The number of H-pyrrole nitrogens is 1. The third kappa shape index (κ3) is 2.09. The van der Waals surface area contributed by atoms with E-state index >= 15 is 0 Å². The summed E-state index contributed by atoms with van der Waals surface area (Å²) in [5.41, 5.74) is 3.85. The largest absolute Gasteiger partial charge is 0.411 e. The van der Waals surface area contributed by atoms with Crippen molar-refractivity contribution < 1.29 is 5.21 Å². The minimum absolute atomic E-state index is 0.242. The van der Waals surface area contributed by atoms with E-state index in [-0.39, 0.29) is 5.56 Å². The van der Waals surface area contributed by atoms with Crippen LogP contribution in [-0.4, -0.2) is 34.7 Å². The molecule has 0 aliphatic rings. The summed E-state index contributed by atoms with van der Waals surface area (Å²) in [5.74, 6) is 0. The Morgan fingerprint density at radius 2 is 1.96 bits per heavy atom. The molecule has 0 aliphatic heterocycles. The molecule has 5 aromatic rings. The van der Waals surface area contributed by atoms with Gasteiger partial charge in [0.25, 0.3) is 5.56 Å². The molecule has 4 heterocycles. The molecular weight excluding hydrogens is 332 g/mol. The molecule has 0 bridgehead atoms. The lowest BCUT2D eigenvalue weighted by molar-refractivity contribution is 0.161. The summed E-state index contributed by atoms with van der Waals surface area (Å²) in [4.78, 5) is 20.9. The van der Waals surface area contributed by atoms with Gasteiger partial charge < -0.3 is 10.2 Å². The quantitative estimate of drug-likeness (QED) is 0.479. The molecule has 4 aromatic heterocycles. The van der Waals surface area contributed by atoms with Crippen LogP contribution in [0.25, 0.3) is 39.1 Å². The van der Waals surface area contributed by atoms with E-state index in [1.54, 1.807) is 24.7 Å². The number of pyridine rings is 1. The van der Waals surface area contributed by atoms with Crippen LogP contribution in [0.2, 0.25) is 0 Å². The van der Waals surface area contributed by atoms with Crippen molar-refractivity contribution in [2.45, 2.75) is 0 Å². The van der Waals surface area contributed by atoms with Gasteiger partial charge in [0.05, 0.1) is 29.3 Å². The van der Waals surface area contributed by atoms with Gasteiger partial charge in [-0.2, -0.15) is 9.61 Å². The molecule has 1 aromatic carbocycles. The third-order valence-corrected chi connectivity index (χ3v) is 4.30. The molecule has 0 radical (unpaired) electrons. The monoisotopic (exact) mass is 344 g/mol. The van der Waals surface area contributed by atoms with Crippen LogP contribution < -0.4 is 5.56 Å². The van der Waals surface area contributed by atoms with Crippen LogP contribution >= 0.6 is 0 Å². The number of nitrogens with zero attached hydrogens (tertiary/aromatic N) is 5. The average Bonchev–Trinajstić information content (AvgIpc) is 3.26. The van der Waals surface area contributed by atoms with Crippen LogP contribution in [0.15, 0.2) is 65.8 Å². The maximum Gasteiger partial charge on any atom is 0.274 e. The Hall–Kier alpha value is -3.94. The summed E-state index contributed by atoms with van der Waals surface area (Å²) in [6.45, 7) is 0. The molecule has 0 fully saturated rings. The van der Waals surface area contributed by atoms with Gasteiger partial charge in [0.2, 0.25) is 0 Å². The van der Waals surface area contributed by atoms with Crippen molar-refractivity contribution >= 4 is 16.6 Å². The summed E-state index contributed by atoms with van der Waals surface area (Å²) in [7, 11) is 0. The van der Waals surface area contributed by atoms with Gasteiger partial charge in [0, 0.05) is 17.6 Å². The minimum atomic E-state index is -0.242. The molecule has 8 nitrogen and oxygen atoms in total. The lowest BCUT2D eigenvalue weighted by Gasteiger charge is -2.05. The van der Waals surface area contributed by atoms with Crippen molar-refractivity contribution in [3.8, 4) is 22.5 Å². The SMILES string of the molecule is O=c1cc(-c2ccc3c(cnn3O)c2)[nH]c2c(-c3ccccn3)cnn12. The molecule has 126 valence electrons. The molecular formula is C18H12N6O2. The fraction of sp³-hybridized carbons (Fsp3) is 0. The molecule has 0 amide bonds. The van der Waals surface area contributed by atoms with E-state index in [0.29, 0.717) is 16.9 Å². The first-order valence-corrected chi connectivity index (χ1v) is 7.90. The van der Waals surface area contributed by atoms with Crippen molar-refractivity contribution in [2.75, 3.05) is 0 Å². The van der Waals surface area contributed by atoms with Gasteiger partial charge in [-0.3, -0.25) is 9.78 Å². The summed E-state index contributed by atoms with van der Waals surface area (Å²) in [5, 5.41) is 18.4. The fourth-order valence-electron chi connectivity index (χ4n) is 3.04. The summed E-state index contributed by atoms with van der Waals surface area (Å²) in [6.07, 6.45) is 4.88.